The van der Waals surface area contributed by atoms with Crippen LogP contribution < -0.4 is 4.90 Å². The van der Waals surface area contributed by atoms with Crippen molar-refractivity contribution in [3.63, 3.8) is 0 Å². The van der Waals surface area contributed by atoms with Gasteiger partial charge < -0.3 is 9.32 Å². The molecule has 11 rings (SSSR count). The molecule has 0 aliphatic heterocycles. The monoisotopic (exact) mass is 719 g/mol. The highest BCUT2D eigenvalue weighted by atomic mass is 32.1. The fraction of sp³-hybridized carbons (Fsp3) is 0. The summed E-state index contributed by atoms with van der Waals surface area (Å²) in [7, 11) is 0. The Morgan fingerprint density at radius 2 is 0.964 bits per heavy atom. The molecule has 0 N–H and O–H groups in total. The van der Waals surface area contributed by atoms with Crippen LogP contribution in [0.15, 0.2) is 205 Å². The molecule has 0 aliphatic carbocycles. The second-order valence-electron chi connectivity index (χ2n) is 14.1. The lowest BCUT2D eigenvalue weighted by molar-refractivity contribution is 0.670. The van der Waals surface area contributed by atoms with Gasteiger partial charge in [-0.25, -0.2) is 0 Å². The molecule has 2 aromatic heterocycles. The summed E-state index contributed by atoms with van der Waals surface area (Å²) in [5, 5.41) is 7.23. The topological polar surface area (TPSA) is 16.4 Å². The fourth-order valence-electron chi connectivity index (χ4n) is 8.28. The first-order chi connectivity index (χ1) is 27.3. The minimum absolute atomic E-state index is 0.898. The van der Waals surface area contributed by atoms with E-state index in [1.807, 2.05) is 17.4 Å². The first-order valence-electron chi connectivity index (χ1n) is 18.7. The summed E-state index contributed by atoms with van der Waals surface area (Å²) in [6, 6.07) is 72.3. The SMILES string of the molecule is c1ccc(-c2ccc(N(c3ccc(-c4cccc5c4oc4ccccc45)c(-c4cccc5ccccc45)c3)c3ccc4sc5ccccc5c4c3)cc2)cc1. The first kappa shape index (κ1) is 31.6. The van der Waals surface area contributed by atoms with E-state index in [0.717, 1.165) is 55.7 Å². The molecule has 11 aromatic rings. The number of anilines is 3. The van der Waals surface area contributed by atoms with Gasteiger partial charge in [-0.1, -0.05) is 146 Å². The molecule has 0 atom stereocenters. The molecule has 2 heterocycles. The summed E-state index contributed by atoms with van der Waals surface area (Å²) in [5.41, 5.74) is 12.0. The van der Waals surface area contributed by atoms with Gasteiger partial charge in [0, 0.05) is 53.6 Å². The van der Waals surface area contributed by atoms with Crippen molar-refractivity contribution in [1.29, 1.82) is 0 Å². The molecule has 0 unspecified atom stereocenters. The van der Waals surface area contributed by atoms with Gasteiger partial charge in [0.1, 0.15) is 11.2 Å². The van der Waals surface area contributed by atoms with Gasteiger partial charge >= 0.3 is 0 Å². The Bertz CT molecular complexity index is 3200. The molecule has 0 fully saturated rings. The number of hydrogen-bond donors (Lipinski definition) is 0. The quantitative estimate of drug-likeness (QED) is 0.170. The maximum Gasteiger partial charge on any atom is 0.143 e. The normalized spacial score (nSPS) is 11.6. The van der Waals surface area contributed by atoms with E-state index in [0.29, 0.717) is 0 Å². The molecule has 0 radical (unpaired) electrons. The van der Waals surface area contributed by atoms with Gasteiger partial charge in [-0.15, -0.1) is 11.3 Å². The molecule has 0 aliphatic rings. The van der Waals surface area contributed by atoms with Crippen LogP contribution in [0.3, 0.4) is 0 Å². The molecule has 258 valence electrons. The van der Waals surface area contributed by atoms with Crippen molar-refractivity contribution >= 4 is 81.3 Å². The second kappa shape index (κ2) is 12.9. The van der Waals surface area contributed by atoms with Gasteiger partial charge in [-0.05, 0) is 93.2 Å². The molecule has 0 spiro atoms. The van der Waals surface area contributed by atoms with Gasteiger partial charge in [0.15, 0.2) is 0 Å². The zero-order valence-corrected chi connectivity index (χ0v) is 30.6. The van der Waals surface area contributed by atoms with E-state index >= 15 is 0 Å². The van der Waals surface area contributed by atoms with Crippen molar-refractivity contribution in [3.05, 3.63) is 200 Å². The third kappa shape index (κ3) is 5.32. The first-order valence-corrected chi connectivity index (χ1v) is 19.5. The van der Waals surface area contributed by atoms with Crippen molar-refractivity contribution in [1.82, 2.24) is 0 Å². The van der Waals surface area contributed by atoms with Crippen molar-refractivity contribution < 1.29 is 4.42 Å². The van der Waals surface area contributed by atoms with Crippen LogP contribution in [0.25, 0.3) is 86.3 Å². The van der Waals surface area contributed by atoms with Crippen LogP contribution in [0.2, 0.25) is 0 Å². The molecule has 0 bridgehead atoms. The molecular formula is C52H33NOS. The van der Waals surface area contributed by atoms with E-state index < -0.39 is 0 Å². The van der Waals surface area contributed by atoms with Crippen LogP contribution in [0.4, 0.5) is 17.1 Å². The Labute approximate surface area is 322 Å². The Hall–Kier alpha value is -6.94. The summed E-state index contributed by atoms with van der Waals surface area (Å²) in [4.78, 5) is 2.40. The van der Waals surface area contributed by atoms with E-state index in [-0.39, 0.29) is 0 Å². The number of thiophene rings is 1. The third-order valence-corrected chi connectivity index (χ3v) is 12.0. The van der Waals surface area contributed by atoms with E-state index in [4.69, 9.17) is 4.42 Å². The van der Waals surface area contributed by atoms with Crippen LogP contribution in [0.1, 0.15) is 0 Å². The fourth-order valence-corrected chi connectivity index (χ4v) is 9.37. The molecular weight excluding hydrogens is 687 g/mol. The lowest BCUT2D eigenvalue weighted by atomic mass is 9.90. The number of rotatable bonds is 6. The van der Waals surface area contributed by atoms with Crippen molar-refractivity contribution in [2.24, 2.45) is 0 Å². The third-order valence-electron chi connectivity index (χ3n) is 10.9. The highest BCUT2D eigenvalue weighted by Gasteiger charge is 2.21. The summed E-state index contributed by atoms with van der Waals surface area (Å²) < 4.78 is 9.23. The van der Waals surface area contributed by atoms with Crippen molar-refractivity contribution in [2.75, 3.05) is 4.90 Å². The van der Waals surface area contributed by atoms with Gasteiger partial charge in [0.05, 0.1) is 0 Å². The molecule has 2 nitrogen and oxygen atoms in total. The van der Waals surface area contributed by atoms with Gasteiger partial charge in [0.2, 0.25) is 0 Å². The second-order valence-corrected chi connectivity index (χ2v) is 15.1. The van der Waals surface area contributed by atoms with Crippen molar-refractivity contribution in [2.45, 2.75) is 0 Å². The molecule has 0 saturated carbocycles. The average Bonchev–Trinajstić information content (AvgIpc) is 3.83. The van der Waals surface area contributed by atoms with Crippen LogP contribution in [-0.4, -0.2) is 0 Å². The summed E-state index contributed by atoms with van der Waals surface area (Å²) >= 11 is 1.85. The van der Waals surface area contributed by atoms with Gasteiger partial charge in [0.25, 0.3) is 0 Å². The Kier molecular flexibility index (Phi) is 7.39. The number of para-hydroxylation sites is 2. The largest absolute Gasteiger partial charge is 0.455 e. The van der Waals surface area contributed by atoms with E-state index in [1.54, 1.807) is 0 Å². The van der Waals surface area contributed by atoms with E-state index in [9.17, 15) is 0 Å². The van der Waals surface area contributed by atoms with Crippen LogP contribution >= 0.6 is 11.3 Å². The Balaban J connectivity index is 1.17. The maximum atomic E-state index is 6.64. The lowest BCUT2D eigenvalue weighted by Gasteiger charge is -2.27. The Morgan fingerprint density at radius 1 is 0.345 bits per heavy atom. The molecule has 9 aromatic carbocycles. The minimum atomic E-state index is 0.898. The van der Waals surface area contributed by atoms with Crippen molar-refractivity contribution in [3.8, 4) is 33.4 Å². The number of furan rings is 1. The predicted molar refractivity (Wildman–Crippen MR) is 235 cm³/mol. The van der Waals surface area contributed by atoms with Gasteiger partial charge in [-0.3, -0.25) is 0 Å². The highest BCUT2D eigenvalue weighted by molar-refractivity contribution is 7.25. The molecule has 3 heteroatoms. The molecule has 0 amide bonds. The average molecular weight is 720 g/mol. The molecule has 55 heavy (non-hydrogen) atoms. The summed E-state index contributed by atoms with van der Waals surface area (Å²) in [5.74, 6) is 0. The number of fused-ring (bicyclic) bond motifs is 7. The standard InChI is InChI=1S/C52H33NOS/c1-2-12-34(13-3-1)35-24-26-37(27-25-35)53(39-29-31-51-48(33-39)44-18-7-9-23-50(44)55-51)38-28-30-42(47(32-38)41-19-10-15-36-14-4-5-16-40(36)41)45-20-11-21-46-43-17-6-8-22-49(43)54-52(45)46/h1-33H. The number of hydrogen-bond acceptors (Lipinski definition) is 3. The Morgan fingerprint density at radius 3 is 1.85 bits per heavy atom. The van der Waals surface area contributed by atoms with E-state index in [2.05, 4.69) is 199 Å². The predicted octanol–water partition coefficient (Wildman–Crippen LogP) is 15.6. The van der Waals surface area contributed by atoms with Gasteiger partial charge in [-0.2, -0.15) is 0 Å². The van der Waals surface area contributed by atoms with Crippen LogP contribution in [0, 0.1) is 0 Å². The smallest absolute Gasteiger partial charge is 0.143 e. The van der Waals surface area contributed by atoms with E-state index in [1.165, 1.54) is 47.6 Å². The lowest BCUT2D eigenvalue weighted by Crippen LogP contribution is -2.10. The minimum Gasteiger partial charge on any atom is -0.455 e. The summed E-state index contributed by atoms with van der Waals surface area (Å²) in [6.45, 7) is 0. The zero-order chi connectivity index (χ0) is 36.3. The maximum absolute atomic E-state index is 6.64. The zero-order valence-electron chi connectivity index (χ0n) is 29.8. The molecule has 0 saturated heterocycles. The number of nitrogens with zero attached hydrogens (tertiary/aromatic N) is 1. The highest BCUT2D eigenvalue weighted by Crippen LogP contribution is 2.46. The number of benzene rings is 9. The summed E-state index contributed by atoms with van der Waals surface area (Å²) in [6.07, 6.45) is 0. The van der Waals surface area contributed by atoms with Crippen LogP contribution in [0.5, 0.6) is 0 Å². The van der Waals surface area contributed by atoms with Crippen LogP contribution in [-0.2, 0) is 0 Å².